The molecule has 0 aromatic carbocycles. The summed E-state index contributed by atoms with van der Waals surface area (Å²) < 4.78 is 0. The Hall–Kier alpha value is -1.53. The van der Waals surface area contributed by atoms with Crippen LogP contribution in [-0.2, 0) is 0 Å². The Kier molecular flexibility index (Phi) is 3.88. The van der Waals surface area contributed by atoms with Gasteiger partial charge < -0.3 is 11.1 Å². The first-order valence-electron chi connectivity index (χ1n) is 5.51. The summed E-state index contributed by atoms with van der Waals surface area (Å²) in [7, 11) is 0. The van der Waals surface area contributed by atoms with E-state index in [-0.39, 0.29) is 6.04 Å². The minimum atomic E-state index is 0.154. The Morgan fingerprint density at radius 3 is 2.67 bits per heavy atom. The molecule has 0 fully saturated rings. The van der Waals surface area contributed by atoms with E-state index in [4.69, 9.17) is 18.0 Å². The number of aromatic nitrogens is 2. The number of aryl methyl sites for hydroxylation is 1. The van der Waals surface area contributed by atoms with E-state index in [0.29, 0.717) is 10.7 Å². The summed E-state index contributed by atoms with van der Waals surface area (Å²) in [4.78, 5) is 10.1. The summed E-state index contributed by atoms with van der Waals surface area (Å²) in [5.74, 6) is 0. The van der Waals surface area contributed by atoms with E-state index in [2.05, 4.69) is 22.2 Å². The molecule has 2 aromatic heterocycles. The van der Waals surface area contributed by atoms with Crippen LogP contribution in [0.2, 0.25) is 0 Å². The van der Waals surface area contributed by atoms with Crippen molar-refractivity contribution in [3.05, 3.63) is 40.1 Å². The van der Waals surface area contributed by atoms with Crippen LogP contribution in [0.1, 0.15) is 28.5 Å². The van der Waals surface area contributed by atoms with E-state index in [9.17, 15) is 0 Å². The normalized spacial score (nSPS) is 12.1. The molecule has 0 amide bonds. The summed E-state index contributed by atoms with van der Waals surface area (Å²) in [6, 6.07) is 3.88. The van der Waals surface area contributed by atoms with Crippen LogP contribution in [0.4, 0.5) is 5.69 Å². The lowest BCUT2D eigenvalue weighted by Crippen LogP contribution is -2.12. The Morgan fingerprint density at radius 2 is 2.17 bits per heavy atom. The molecule has 0 saturated carbocycles. The summed E-state index contributed by atoms with van der Waals surface area (Å²) >= 11 is 6.55. The molecule has 0 saturated heterocycles. The highest BCUT2D eigenvalue weighted by molar-refractivity contribution is 7.80. The largest absolute Gasteiger partial charge is 0.388 e. The fourth-order valence-electron chi connectivity index (χ4n) is 1.51. The van der Waals surface area contributed by atoms with Crippen LogP contribution in [0, 0.1) is 6.92 Å². The molecule has 2 aromatic rings. The number of hydrogen-bond acceptors (Lipinski definition) is 5. The summed E-state index contributed by atoms with van der Waals surface area (Å²) in [5, 5.41) is 4.40. The maximum Gasteiger partial charge on any atom is 0.122 e. The average molecular weight is 278 g/mol. The van der Waals surface area contributed by atoms with Crippen LogP contribution in [0.15, 0.2) is 24.5 Å². The summed E-state index contributed by atoms with van der Waals surface area (Å²) in [6.07, 6.45) is 3.61. The molecular formula is C12H14N4S2. The van der Waals surface area contributed by atoms with Crippen LogP contribution >= 0.6 is 23.6 Å². The van der Waals surface area contributed by atoms with Gasteiger partial charge in [-0.05, 0) is 26.0 Å². The van der Waals surface area contributed by atoms with Crippen LogP contribution in [0.3, 0.4) is 0 Å². The molecule has 18 heavy (non-hydrogen) atoms. The minimum Gasteiger partial charge on any atom is -0.388 e. The Balaban J connectivity index is 2.07. The highest BCUT2D eigenvalue weighted by Gasteiger charge is 2.09. The van der Waals surface area contributed by atoms with Crippen molar-refractivity contribution in [2.75, 3.05) is 5.32 Å². The topological polar surface area (TPSA) is 63.8 Å². The molecule has 0 aliphatic heterocycles. The maximum atomic E-state index is 5.50. The van der Waals surface area contributed by atoms with Crippen LogP contribution in [0.25, 0.3) is 0 Å². The van der Waals surface area contributed by atoms with Gasteiger partial charge >= 0.3 is 0 Å². The van der Waals surface area contributed by atoms with Gasteiger partial charge in [0.25, 0.3) is 0 Å². The van der Waals surface area contributed by atoms with Gasteiger partial charge in [0.05, 0.1) is 23.6 Å². The second-order valence-electron chi connectivity index (χ2n) is 3.97. The standard InChI is InChI=1S/C12H14N4S2/c1-7-5-15-12(18-7)8(2)16-9-3-4-10(11(13)17)14-6-9/h3-6,8,16H,1-2H3,(H2,13,17). The summed E-state index contributed by atoms with van der Waals surface area (Å²) in [6.45, 7) is 4.12. The van der Waals surface area contributed by atoms with Crippen molar-refractivity contribution >= 4 is 34.2 Å². The van der Waals surface area contributed by atoms with E-state index in [1.807, 2.05) is 25.3 Å². The van der Waals surface area contributed by atoms with Gasteiger partial charge in [-0.15, -0.1) is 11.3 Å². The molecule has 6 heteroatoms. The number of thiocarbonyl (C=S) groups is 1. The number of nitrogens with zero attached hydrogens (tertiary/aromatic N) is 2. The van der Waals surface area contributed by atoms with Gasteiger partial charge in [0.1, 0.15) is 10.00 Å². The smallest absolute Gasteiger partial charge is 0.122 e. The van der Waals surface area contributed by atoms with E-state index < -0.39 is 0 Å². The molecule has 94 valence electrons. The highest BCUT2D eigenvalue weighted by Crippen LogP contribution is 2.22. The van der Waals surface area contributed by atoms with Crippen molar-refractivity contribution < 1.29 is 0 Å². The molecule has 0 bridgehead atoms. The van der Waals surface area contributed by atoms with Crippen LogP contribution in [0.5, 0.6) is 0 Å². The second-order valence-corrected chi connectivity index (χ2v) is 5.68. The molecule has 0 radical (unpaired) electrons. The fraction of sp³-hybridized carbons (Fsp3) is 0.250. The third-order valence-corrected chi connectivity index (χ3v) is 3.71. The highest BCUT2D eigenvalue weighted by atomic mass is 32.1. The third-order valence-electron chi connectivity index (χ3n) is 2.41. The first-order chi connectivity index (χ1) is 8.56. The predicted molar refractivity (Wildman–Crippen MR) is 79.0 cm³/mol. The van der Waals surface area contributed by atoms with Crippen molar-refractivity contribution in [3.8, 4) is 0 Å². The first kappa shape index (κ1) is 12.9. The molecule has 1 unspecified atom stereocenters. The SMILES string of the molecule is Cc1cnc(C(C)Nc2ccc(C(N)=S)nc2)s1. The third kappa shape index (κ3) is 3.02. The molecule has 3 N–H and O–H groups in total. The summed E-state index contributed by atoms with van der Waals surface area (Å²) in [5.41, 5.74) is 7.06. The van der Waals surface area contributed by atoms with E-state index >= 15 is 0 Å². The van der Waals surface area contributed by atoms with E-state index in [0.717, 1.165) is 10.7 Å². The van der Waals surface area contributed by atoms with Crippen molar-refractivity contribution in [1.82, 2.24) is 9.97 Å². The molecule has 0 spiro atoms. The van der Waals surface area contributed by atoms with Crippen molar-refractivity contribution in [2.45, 2.75) is 19.9 Å². The Morgan fingerprint density at radius 1 is 1.39 bits per heavy atom. The van der Waals surface area contributed by atoms with Crippen LogP contribution < -0.4 is 11.1 Å². The molecule has 2 rings (SSSR count). The van der Waals surface area contributed by atoms with Crippen LogP contribution in [-0.4, -0.2) is 15.0 Å². The number of anilines is 1. The average Bonchev–Trinajstić information content (AvgIpc) is 2.76. The lowest BCUT2D eigenvalue weighted by atomic mass is 10.3. The molecule has 0 aliphatic rings. The van der Waals surface area contributed by atoms with Gasteiger partial charge in [0, 0.05) is 11.1 Å². The van der Waals surface area contributed by atoms with Crippen molar-refractivity contribution in [1.29, 1.82) is 0 Å². The Bertz CT molecular complexity index is 547. The molecule has 0 aliphatic carbocycles. The number of thiazole rings is 1. The van der Waals surface area contributed by atoms with E-state index in [1.165, 1.54) is 4.88 Å². The number of rotatable bonds is 4. The zero-order valence-corrected chi connectivity index (χ0v) is 11.8. The number of hydrogen-bond donors (Lipinski definition) is 2. The van der Waals surface area contributed by atoms with Gasteiger partial charge in [0.2, 0.25) is 0 Å². The number of nitrogens with one attached hydrogen (secondary N) is 1. The van der Waals surface area contributed by atoms with Crippen molar-refractivity contribution in [3.63, 3.8) is 0 Å². The molecular weight excluding hydrogens is 264 g/mol. The van der Waals surface area contributed by atoms with Crippen molar-refractivity contribution in [2.24, 2.45) is 5.73 Å². The Labute approximate surface area is 115 Å². The maximum absolute atomic E-state index is 5.50. The minimum absolute atomic E-state index is 0.154. The lowest BCUT2D eigenvalue weighted by Gasteiger charge is -2.12. The zero-order valence-electron chi connectivity index (χ0n) is 10.2. The lowest BCUT2D eigenvalue weighted by molar-refractivity contribution is 0.868. The van der Waals surface area contributed by atoms with Gasteiger partial charge in [-0.25, -0.2) is 4.98 Å². The second kappa shape index (κ2) is 5.41. The predicted octanol–water partition coefficient (Wildman–Crippen LogP) is 2.65. The molecule has 2 heterocycles. The number of nitrogens with two attached hydrogens (primary N) is 1. The first-order valence-corrected chi connectivity index (χ1v) is 6.73. The fourth-order valence-corrected chi connectivity index (χ4v) is 2.41. The molecule has 4 nitrogen and oxygen atoms in total. The van der Waals surface area contributed by atoms with Gasteiger partial charge in [-0.2, -0.15) is 0 Å². The van der Waals surface area contributed by atoms with Gasteiger partial charge in [-0.3, -0.25) is 4.98 Å². The quantitative estimate of drug-likeness (QED) is 0.842. The zero-order chi connectivity index (χ0) is 13.1. The molecule has 1 atom stereocenters. The number of pyridine rings is 1. The van der Waals surface area contributed by atoms with Gasteiger partial charge in [-0.1, -0.05) is 12.2 Å². The van der Waals surface area contributed by atoms with Gasteiger partial charge in [0.15, 0.2) is 0 Å². The van der Waals surface area contributed by atoms with E-state index in [1.54, 1.807) is 17.5 Å². The monoisotopic (exact) mass is 278 g/mol.